The molecule has 0 aromatic heterocycles. The zero-order valence-electron chi connectivity index (χ0n) is 17.7. The standard InChI is InChI=1S/C22H28O9/c1-26-18-5-3-16(4-6-18)15-30-10-9-28-7-8-29-11-12-31-20-14-17(22(25)27-2)13-19(23)21(20)24/h3-6,13-14,23-24H,7-12,15H2,1-2H3. The number of phenolic OH excluding ortho intramolecular Hbond substituents is 2. The molecule has 9 nitrogen and oxygen atoms in total. The van der Waals surface area contributed by atoms with Crippen LogP contribution in [-0.2, 0) is 25.6 Å². The van der Waals surface area contributed by atoms with Crippen molar-refractivity contribution in [2.75, 3.05) is 53.9 Å². The van der Waals surface area contributed by atoms with E-state index in [1.165, 1.54) is 13.2 Å². The smallest absolute Gasteiger partial charge is 0.338 e. The van der Waals surface area contributed by atoms with Gasteiger partial charge in [0.1, 0.15) is 12.4 Å². The third kappa shape index (κ3) is 8.33. The Balaban J connectivity index is 1.52. The molecule has 9 heteroatoms. The lowest BCUT2D eigenvalue weighted by atomic mass is 10.2. The molecular formula is C22H28O9. The lowest BCUT2D eigenvalue weighted by molar-refractivity contribution is 0.00584. The van der Waals surface area contributed by atoms with Crippen LogP contribution in [0.2, 0.25) is 0 Å². The largest absolute Gasteiger partial charge is 0.504 e. The number of methoxy groups -OCH3 is 2. The van der Waals surface area contributed by atoms with Crippen LogP contribution >= 0.6 is 0 Å². The predicted octanol–water partition coefficient (Wildman–Crippen LogP) is 2.52. The summed E-state index contributed by atoms with van der Waals surface area (Å²) in [7, 11) is 2.84. The number of benzene rings is 2. The summed E-state index contributed by atoms with van der Waals surface area (Å²) in [5, 5.41) is 19.5. The molecule has 31 heavy (non-hydrogen) atoms. The first-order chi connectivity index (χ1) is 15.0. The fourth-order valence-electron chi connectivity index (χ4n) is 2.50. The van der Waals surface area contributed by atoms with Gasteiger partial charge in [0.15, 0.2) is 11.5 Å². The minimum atomic E-state index is -0.651. The number of phenols is 2. The van der Waals surface area contributed by atoms with Gasteiger partial charge in [0.25, 0.3) is 0 Å². The minimum Gasteiger partial charge on any atom is -0.504 e. The van der Waals surface area contributed by atoms with Crippen molar-refractivity contribution in [1.82, 2.24) is 0 Å². The maximum absolute atomic E-state index is 11.5. The van der Waals surface area contributed by atoms with Crippen LogP contribution in [0.4, 0.5) is 0 Å². The van der Waals surface area contributed by atoms with E-state index in [4.69, 9.17) is 23.7 Å². The highest BCUT2D eigenvalue weighted by atomic mass is 16.6. The van der Waals surface area contributed by atoms with Gasteiger partial charge < -0.3 is 38.6 Å². The lowest BCUT2D eigenvalue weighted by Crippen LogP contribution is -2.13. The molecule has 0 amide bonds. The van der Waals surface area contributed by atoms with Gasteiger partial charge in [0, 0.05) is 0 Å². The van der Waals surface area contributed by atoms with Crippen LogP contribution in [0.3, 0.4) is 0 Å². The molecule has 0 spiro atoms. The second kappa shape index (κ2) is 13.3. The van der Waals surface area contributed by atoms with Crippen LogP contribution < -0.4 is 9.47 Å². The molecule has 2 N–H and O–H groups in total. The highest BCUT2D eigenvalue weighted by molar-refractivity contribution is 5.91. The number of hydrogen-bond donors (Lipinski definition) is 2. The molecule has 0 saturated carbocycles. The van der Waals surface area contributed by atoms with Crippen molar-refractivity contribution in [3.63, 3.8) is 0 Å². The summed E-state index contributed by atoms with van der Waals surface area (Å²) in [6.45, 7) is 2.53. The van der Waals surface area contributed by atoms with Gasteiger partial charge in [-0.1, -0.05) is 12.1 Å². The maximum atomic E-state index is 11.5. The van der Waals surface area contributed by atoms with Gasteiger partial charge in [-0.25, -0.2) is 4.79 Å². The topological polar surface area (TPSA) is 113 Å². The number of ether oxygens (including phenoxy) is 6. The van der Waals surface area contributed by atoms with E-state index in [2.05, 4.69) is 4.74 Å². The summed E-state index contributed by atoms with van der Waals surface area (Å²) in [6.07, 6.45) is 0. The van der Waals surface area contributed by atoms with Gasteiger partial charge >= 0.3 is 5.97 Å². The molecule has 0 atom stereocenters. The average Bonchev–Trinajstić information content (AvgIpc) is 2.79. The van der Waals surface area contributed by atoms with Crippen LogP contribution in [0.1, 0.15) is 15.9 Å². The molecule has 170 valence electrons. The Kier molecular flexibility index (Phi) is 10.4. The van der Waals surface area contributed by atoms with Gasteiger partial charge in [0.2, 0.25) is 5.75 Å². The fraction of sp³-hybridized carbons (Fsp3) is 0.409. The van der Waals surface area contributed by atoms with E-state index in [1.54, 1.807) is 7.11 Å². The summed E-state index contributed by atoms with van der Waals surface area (Å²) in [5.74, 6) is -0.801. The zero-order valence-corrected chi connectivity index (χ0v) is 17.7. The molecule has 0 bridgehead atoms. The Labute approximate surface area is 181 Å². The molecule has 0 heterocycles. The Morgan fingerprint density at radius 3 is 2.06 bits per heavy atom. The SMILES string of the molecule is COC(=O)c1cc(O)c(O)c(OCCOCCOCCOCc2ccc(OC)cc2)c1. The van der Waals surface area contributed by atoms with Crippen LogP contribution in [0.15, 0.2) is 36.4 Å². The number of hydrogen-bond acceptors (Lipinski definition) is 9. The molecule has 0 unspecified atom stereocenters. The quantitative estimate of drug-likeness (QED) is 0.262. The van der Waals surface area contributed by atoms with E-state index in [9.17, 15) is 15.0 Å². The van der Waals surface area contributed by atoms with E-state index in [1.807, 2.05) is 24.3 Å². The van der Waals surface area contributed by atoms with Crippen molar-refractivity contribution in [1.29, 1.82) is 0 Å². The van der Waals surface area contributed by atoms with Crippen molar-refractivity contribution in [3.05, 3.63) is 47.5 Å². The molecule has 0 radical (unpaired) electrons. The molecule has 0 fully saturated rings. The Morgan fingerprint density at radius 2 is 1.45 bits per heavy atom. The second-order valence-corrected chi connectivity index (χ2v) is 6.31. The summed E-state index contributed by atoms with van der Waals surface area (Å²) < 4.78 is 31.4. The minimum absolute atomic E-state index is 0.0331. The van der Waals surface area contributed by atoms with Gasteiger partial charge in [0.05, 0.1) is 59.4 Å². The van der Waals surface area contributed by atoms with Gasteiger partial charge in [-0.05, 0) is 29.8 Å². The van der Waals surface area contributed by atoms with E-state index >= 15 is 0 Å². The molecule has 0 aliphatic carbocycles. The van der Waals surface area contributed by atoms with Gasteiger partial charge in [-0.3, -0.25) is 0 Å². The Hall–Kier alpha value is -3.01. The predicted molar refractivity (Wildman–Crippen MR) is 111 cm³/mol. The molecule has 0 aliphatic rings. The Bertz CT molecular complexity index is 805. The second-order valence-electron chi connectivity index (χ2n) is 6.31. The van der Waals surface area contributed by atoms with E-state index < -0.39 is 17.5 Å². The van der Waals surface area contributed by atoms with Crippen molar-refractivity contribution >= 4 is 5.97 Å². The first-order valence-electron chi connectivity index (χ1n) is 9.68. The third-order valence-electron chi connectivity index (χ3n) is 4.13. The van der Waals surface area contributed by atoms with Crippen molar-refractivity contribution in [2.24, 2.45) is 0 Å². The molecule has 2 aromatic rings. The van der Waals surface area contributed by atoms with Gasteiger partial charge in [-0.2, -0.15) is 0 Å². The van der Waals surface area contributed by atoms with Gasteiger partial charge in [-0.15, -0.1) is 0 Å². The number of aromatic hydroxyl groups is 2. The zero-order chi connectivity index (χ0) is 22.5. The summed E-state index contributed by atoms with van der Waals surface area (Å²) >= 11 is 0. The van der Waals surface area contributed by atoms with E-state index in [0.29, 0.717) is 33.0 Å². The molecular weight excluding hydrogens is 408 g/mol. The highest BCUT2D eigenvalue weighted by Gasteiger charge is 2.15. The molecule has 2 rings (SSSR count). The van der Waals surface area contributed by atoms with E-state index in [-0.39, 0.29) is 24.5 Å². The lowest BCUT2D eigenvalue weighted by Gasteiger charge is -2.11. The van der Waals surface area contributed by atoms with Crippen molar-refractivity contribution < 1.29 is 43.4 Å². The highest BCUT2D eigenvalue weighted by Crippen LogP contribution is 2.36. The molecule has 2 aromatic carbocycles. The first-order valence-corrected chi connectivity index (χ1v) is 9.68. The summed E-state index contributed by atoms with van der Waals surface area (Å²) in [6, 6.07) is 10.1. The van der Waals surface area contributed by atoms with Crippen molar-refractivity contribution in [2.45, 2.75) is 6.61 Å². The van der Waals surface area contributed by atoms with Crippen LogP contribution in [0.25, 0.3) is 0 Å². The number of carbonyl (C=O) groups excluding carboxylic acids is 1. The number of esters is 1. The first kappa shape index (κ1) is 24.3. The van der Waals surface area contributed by atoms with Crippen molar-refractivity contribution in [3.8, 4) is 23.0 Å². The molecule has 0 saturated heterocycles. The van der Waals surface area contributed by atoms with Crippen LogP contribution in [0.5, 0.6) is 23.0 Å². The monoisotopic (exact) mass is 436 g/mol. The van der Waals surface area contributed by atoms with E-state index in [0.717, 1.165) is 17.4 Å². The average molecular weight is 436 g/mol. The van der Waals surface area contributed by atoms with Crippen LogP contribution in [0, 0.1) is 0 Å². The number of rotatable bonds is 14. The Morgan fingerprint density at radius 1 is 0.839 bits per heavy atom. The summed E-state index contributed by atoms with van der Waals surface area (Å²) in [5.41, 5.74) is 1.12. The normalized spacial score (nSPS) is 10.6. The number of carbonyl (C=O) groups is 1. The maximum Gasteiger partial charge on any atom is 0.338 e. The fourth-order valence-corrected chi connectivity index (χ4v) is 2.50. The third-order valence-corrected chi connectivity index (χ3v) is 4.13. The molecule has 0 aliphatic heterocycles. The van der Waals surface area contributed by atoms with Crippen LogP contribution in [-0.4, -0.2) is 70.0 Å². The summed E-state index contributed by atoms with van der Waals surface area (Å²) in [4.78, 5) is 11.5.